The van der Waals surface area contributed by atoms with Crippen LogP contribution in [0, 0.1) is 0 Å². The lowest BCUT2D eigenvalue weighted by Gasteiger charge is -2.10. The molecule has 0 atom stereocenters. The van der Waals surface area contributed by atoms with Gasteiger partial charge in [-0.3, -0.25) is 9.69 Å². The van der Waals surface area contributed by atoms with Crippen LogP contribution in [-0.4, -0.2) is 39.8 Å². The van der Waals surface area contributed by atoms with Crippen molar-refractivity contribution in [3.63, 3.8) is 0 Å². The quantitative estimate of drug-likeness (QED) is 0.721. The molecule has 2 N–H and O–H groups in total. The Hall–Kier alpha value is -3.20. The Kier molecular flexibility index (Phi) is 4.36. The van der Waals surface area contributed by atoms with Gasteiger partial charge in [-0.25, -0.2) is 14.5 Å². The van der Waals surface area contributed by atoms with Crippen molar-refractivity contribution in [2.75, 3.05) is 23.3 Å². The molecule has 26 heavy (non-hydrogen) atoms. The topological polar surface area (TPSA) is 92.1 Å². The SMILES string of the molecule is O=C(Cc1csc(N2CCNC2=O)n1)Nc1ccccc1-n1cccn1. The number of hydrogen-bond donors (Lipinski definition) is 2. The first-order chi connectivity index (χ1) is 12.7. The van der Waals surface area contributed by atoms with E-state index in [1.54, 1.807) is 21.2 Å². The Balaban J connectivity index is 1.45. The second-order valence-electron chi connectivity index (χ2n) is 5.70. The van der Waals surface area contributed by atoms with Crippen molar-refractivity contribution in [1.82, 2.24) is 20.1 Å². The summed E-state index contributed by atoms with van der Waals surface area (Å²) < 4.78 is 1.70. The monoisotopic (exact) mass is 368 g/mol. The van der Waals surface area contributed by atoms with E-state index in [1.165, 1.54) is 11.3 Å². The van der Waals surface area contributed by atoms with Gasteiger partial charge in [-0.1, -0.05) is 12.1 Å². The first-order valence-corrected chi connectivity index (χ1v) is 8.97. The van der Waals surface area contributed by atoms with Gasteiger partial charge in [0.2, 0.25) is 5.91 Å². The van der Waals surface area contributed by atoms with Gasteiger partial charge in [0.05, 0.1) is 23.5 Å². The number of thiazole rings is 1. The maximum absolute atomic E-state index is 12.4. The number of urea groups is 1. The summed E-state index contributed by atoms with van der Waals surface area (Å²) in [6.07, 6.45) is 3.64. The molecule has 0 saturated carbocycles. The van der Waals surface area contributed by atoms with E-state index in [2.05, 4.69) is 20.7 Å². The maximum Gasteiger partial charge on any atom is 0.323 e. The lowest BCUT2D eigenvalue weighted by molar-refractivity contribution is -0.115. The number of rotatable bonds is 5. The summed E-state index contributed by atoms with van der Waals surface area (Å²) in [5, 5.41) is 12.3. The zero-order valence-electron chi connectivity index (χ0n) is 13.8. The van der Waals surface area contributed by atoms with Crippen molar-refractivity contribution < 1.29 is 9.59 Å². The van der Waals surface area contributed by atoms with Crippen molar-refractivity contribution in [3.8, 4) is 5.69 Å². The molecule has 0 bridgehead atoms. The number of aromatic nitrogens is 3. The highest BCUT2D eigenvalue weighted by molar-refractivity contribution is 7.14. The molecule has 4 rings (SSSR count). The fraction of sp³-hybridized carbons (Fsp3) is 0.176. The molecule has 8 nitrogen and oxygen atoms in total. The number of benzene rings is 1. The van der Waals surface area contributed by atoms with Crippen molar-refractivity contribution in [2.24, 2.45) is 0 Å². The van der Waals surface area contributed by atoms with Gasteiger partial charge in [0.1, 0.15) is 0 Å². The van der Waals surface area contributed by atoms with Gasteiger partial charge in [-0.2, -0.15) is 5.10 Å². The van der Waals surface area contributed by atoms with E-state index in [9.17, 15) is 9.59 Å². The highest BCUT2D eigenvalue weighted by Gasteiger charge is 2.24. The lowest BCUT2D eigenvalue weighted by atomic mass is 10.2. The lowest BCUT2D eigenvalue weighted by Crippen LogP contribution is -2.27. The molecule has 1 fully saturated rings. The first-order valence-electron chi connectivity index (χ1n) is 8.09. The molecule has 1 saturated heterocycles. The average molecular weight is 368 g/mol. The van der Waals surface area contributed by atoms with Crippen LogP contribution in [0.25, 0.3) is 5.69 Å². The van der Waals surface area contributed by atoms with Crippen molar-refractivity contribution in [3.05, 3.63) is 53.8 Å². The Labute approximate surface area is 153 Å². The van der Waals surface area contributed by atoms with Crippen molar-refractivity contribution >= 4 is 34.1 Å². The third-order valence-corrected chi connectivity index (χ3v) is 4.81. The van der Waals surface area contributed by atoms with Gasteiger partial charge in [0, 0.05) is 30.9 Å². The predicted octanol–water partition coefficient (Wildman–Crippen LogP) is 2.04. The van der Waals surface area contributed by atoms with E-state index in [0.29, 0.717) is 29.6 Å². The molecule has 0 unspecified atom stereocenters. The Morgan fingerprint density at radius 3 is 2.96 bits per heavy atom. The Morgan fingerprint density at radius 1 is 1.31 bits per heavy atom. The first kappa shape index (κ1) is 16.3. The average Bonchev–Trinajstić information content (AvgIpc) is 3.37. The summed E-state index contributed by atoms with van der Waals surface area (Å²) in [7, 11) is 0. The van der Waals surface area contributed by atoms with E-state index >= 15 is 0 Å². The molecular weight excluding hydrogens is 352 g/mol. The van der Waals surface area contributed by atoms with Crippen LogP contribution in [-0.2, 0) is 11.2 Å². The van der Waals surface area contributed by atoms with Crippen LogP contribution < -0.4 is 15.5 Å². The summed E-state index contributed by atoms with van der Waals surface area (Å²) >= 11 is 1.36. The fourth-order valence-corrected chi connectivity index (χ4v) is 3.55. The molecular formula is C17H16N6O2S. The van der Waals surface area contributed by atoms with Gasteiger partial charge in [0.25, 0.3) is 0 Å². The third kappa shape index (κ3) is 3.29. The molecule has 1 aromatic carbocycles. The van der Waals surface area contributed by atoms with E-state index < -0.39 is 0 Å². The highest BCUT2D eigenvalue weighted by Crippen LogP contribution is 2.23. The van der Waals surface area contributed by atoms with Crippen LogP contribution in [0.15, 0.2) is 48.1 Å². The van der Waals surface area contributed by atoms with E-state index in [-0.39, 0.29) is 18.4 Å². The molecule has 132 valence electrons. The Bertz CT molecular complexity index is 936. The number of carbonyl (C=O) groups excluding carboxylic acids is 2. The largest absolute Gasteiger partial charge is 0.336 e. The standard InChI is InChI=1S/C17H16N6O2S/c24-15(10-12-11-26-17(20-12)22-9-7-18-16(22)25)21-13-4-1-2-5-14(13)23-8-3-6-19-23/h1-6,8,11H,7,9-10H2,(H,18,25)(H,21,24). The molecule has 3 amide bonds. The van der Waals surface area contributed by atoms with Crippen molar-refractivity contribution in [2.45, 2.75) is 6.42 Å². The zero-order chi connectivity index (χ0) is 17.9. The van der Waals surface area contributed by atoms with Crippen LogP contribution >= 0.6 is 11.3 Å². The number of para-hydroxylation sites is 2. The fourth-order valence-electron chi connectivity index (χ4n) is 2.70. The van der Waals surface area contributed by atoms with E-state index in [1.807, 2.05) is 36.5 Å². The maximum atomic E-state index is 12.4. The number of nitrogens with one attached hydrogen (secondary N) is 2. The van der Waals surface area contributed by atoms with Gasteiger partial charge >= 0.3 is 6.03 Å². The van der Waals surface area contributed by atoms with Crippen molar-refractivity contribution in [1.29, 1.82) is 0 Å². The molecule has 1 aliphatic rings. The molecule has 0 aliphatic carbocycles. The molecule has 3 aromatic rings. The second kappa shape index (κ2) is 6.96. The molecule has 2 aromatic heterocycles. The minimum absolute atomic E-state index is 0.138. The van der Waals surface area contributed by atoms with Gasteiger partial charge < -0.3 is 10.6 Å². The smallest absolute Gasteiger partial charge is 0.323 e. The Morgan fingerprint density at radius 2 is 2.19 bits per heavy atom. The van der Waals surface area contributed by atoms with Crippen LogP contribution in [0.2, 0.25) is 0 Å². The summed E-state index contributed by atoms with van der Waals surface area (Å²) in [6.45, 7) is 1.20. The van der Waals surface area contributed by atoms with Gasteiger partial charge in [-0.05, 0) is 18.2 Å². The van der Waals surface area contributed by atoms with E-state index in [4.69, 9.17) is 0 Å². The minimum Gasteiger partial charge on any atom is -0.336 e. The summed E-state index contributed by atoms with van der Waals surface area (Å²) in [5.41, 5.74) is 2.10. The molecule has 3 heterocycles. The zero-order valence-corrected chi connectivity index (χ0v) is 14.6. The van der Waals surface area contributed by atoms with Gasteiger partial charge in [-0.15, -0.1) is 11.3 Å². The van der Waals surface area contributed by atoms with E-state index in [0.717, 1.165) is 5.69 Å². The van der Waals surface area contributed by atoms with Crippen LogP contribution in [0.4, 0.5) is 15.6 Å². The van der Waals surface area contributed by atoms with Gasteiger partial charge in [0.15, 0.2) is 5.13 Å². The molecule has 0 spiro atoms. The summed E-state index contributed by atoms with van der Waals surface area (Å²) in [4.78, 5) is 30.1. The third-order valence-electron chi connectivity index (χ3n) is 3.90. The van der Waals surface area contributed by atoms with Crippen LogP contribution in [0.3, 0.4) is 0 Å². The predicted molar refractivity (Wildman–Crippen MR) is 98.8 cm³/mol. The van der Waals surface area contributed by atoms with Crippen LogP contribution in [0.1, 0.15) is 5.69 Å². The molecule has 9 heteroatoms. The van der Waals surface area contributed by atoms with Crippen LogP contribution in [0.5, 0.6) is 0 Å². The minimum atomic E-state index is -0.174. The summed E-state index contributed by atoms with van der Waals surface area (Å²) in [5.74, 6) is -0.174. The molecule has 0 radical (unpaired) electrons. The number of nitrogens with zero attached hydrogens (tertiary/aromatic N) is 4. The normalized spacial score (nSPS) is 13.7. The number of anilines is 2. The summed E-state index contributed by atoms with van der Waals surface area (Å²) in [6, 6.07) is 9.13. The molecule has 1 aliphatic heterocycles. The number of amides is 3. The number of carbonyl (C=O) groups is 2. The highest BCUT2D eigenvalue weighted by atomic mass is 32.1. The number of hydrogen-bond acceptors (Lipinski definition) is 5. The second-order valence-corrected chi connectivity index (χ2v) is 6.53.